The zero-order chi connectivity index (χ0) is 13.7. The fourth-order valence-electron chi connectivity index (χ4n) is 2.79. The van der Waals surface area contributed by atoms with Gasteiger partial charge in [-0.05, 0) is 19.3 Å². The molecule has 1 rings (SSSR count). The highest BCUT2D eigenvalue weighted by atomic mass is 16.2. The van der Waals surface area contributed by atoms with Gasteiger partial charge in [-0.15, -0.1) is 0 Å². The molecular weight excluding hydrogens is 228 g/mol. The van der Waals surface area contributed by atoms with Gasteiger partial charge in [0.1, 0.15) is 6.04 Å². The minimum atomic E-state index is -0.312. The average molecular weight is 254 g/mol. The lowest BCUT2D eigenvalue weighted by Crippen LogP contribution is -2.61. The first kappa shape index (κ1) is 15.0. The van der Waals surface area contributed by atoms with Crippen LogP contribution in [0, 0.1) is 5.92 Å². The Bertz CT molecular complexity index is 300. The molecule has 0 saturated carbocycles. The minimum absolute atomic E-state index is 0.0224. The maximum Gasteiger partial charge on any atom is 0.245 e. The number of carbonyl (C=O) groups excluding carboxylic acids is 2. The highest BCUT2D eigenvalue weighted by Gasteiger charge is 2.36. The first-order chi connectivity index (χ1) is 8.54. The molecule has 4 heteroatoms. The Morgan fingerprint density at radius 3 is 2.39 bits per heavy atom. The van der Waals surface area contributed by atoms with Gasteiger partial charge in [0.25, 0.3) is 0 Å². The quantitative estimate of drug-likeness (QED) is 0.787. The van der Waals surface area contributed by atoms with Crippen LogP contribution in [-0.4, -0.2) is 35.3 Å². The van der Waals surface area contributed by atoms with Crippen molar-refractivity contribution in [1.29, 1.82) is 0 Å². The highest BCUT2D eigenvalue weighted by Crippen LogP contribution is 2.21. The van der Waals surface area contributed by atoms with E-state index < -0.39 is 0 Å². The molecule has 0 aromatic heterocycles. The standard InChI is InChI=1S/C14H26N2O2/c1-5-8-12-14(18)16(9-13(17)15-12)10(4)11(6-2)7-3/h10-12H,5-9H2,1-4H3,(H,15,17). The fourth-order valence-corrected chi connectivity index (χ4v) is 2.79. The van der Waals surface area contributed by atoms with E-state index >= 15 is 0 Å². The summed E-state index contributed by atoms with van der Waals surface area (Å²) in [7, 11) is 0. The summed E-state index contributed by atoms with van der Waals surface area (Å²) in [5.74, 6) is 0.545. The Labute approximate surface area is 110 Å². The number of hydrogen-bond donors (Lipinski definition) is 1. The van der Waals surface area contributed by atoms with Crippen LogP contribution in [0.25, 0.3) is 0 Å². The van der Waals surface area contributed by atoms with E-state index in [1.165, 1.54) is 0 Å². The van der Waals surface area contributed by atoms with Crippen LogP contribution in [0.5, 0.6) is 0 Å². The summed E-state index contributed by atoms with van der Waals surface area (Å²) in [6.07, 6.45) is 3.73. The smallest absolute Gasteiger partial charge is 0.245 e. The molecule has 2 atom stereocenters. The van der Waals surface area contributed by atoms with Gasteiger partial charge in [0.2, 0.25) is 11.8 Å². The summed E-state index contributed by atoms with van der Waals surface area (Å²) < 4.78 is 0. The number of nitrogens with one attached hydrogen (secondary N) is 1. The number of hydrogen-bond acceptors (Lipinski definition) is 2. The highest BCUT2D eigenvalue weighted by molar-refractivity contribution is 5.95. The van der Waals surface area contributed by atoms with Crippen LogP contribution in [0.15, 0.2) is 0 Å². The third-order valence-electron chi connectivity index (χ3n) is 4.03. The van der Waals surface area contributed by atoms with Crippen LogP contribution in [0.2, 0.25) is 0 Å². The molecule has 1 N–H and O–H groups in total. The summed E-state index contributed by atoms with van der Waals surface area (Å²) in [4.78, 5) is 25.8. The molecule has 0 bridgehead atoms. The molecule has 0 aromatic rings. The van der Waals surface area contributed by atoms with Gasteiger partial charge in [-0.3, -0.25) is 9.59 Å². The Morgan fingerprint density at radius 1 is 1.28 bits per heavy atom. The fraction of sp³-hybridized carbons (Fsp3) is 0.857. The summed E-state index contributed by atoms with van der Waals surface area (Å²) >= 11 is 0. The summed E-state index contributed by atoms with van der Waals surface area (Å²) in [5.41, 5.74) is 0. The van der Waals surface area contributed by atoms with Crippen molar-refractivity contribution >= 4 is 11.8 Å². The third-order valence-corrected chi connectivity index (χ3v) is 4.03. The Morgan fingerprint density at radius 2 is 1.89 bits per heavy atom. The average Bonchev–Trinajstić information content (AvgIpc) is 2.35. The van der Waals surface area contributed by atoms with Crippen LogP contribution in [-0.2, 0) is 9.59 Å². The Hall–Kier alpha value is -1.06. The van der Waals surface area contributed by atoms with E-state index in [4.69, 9.17) is 0 Å². The second kappa shape index (κ2) is 6.76. The molecule has 2 amide bonds. The van der Waals surface area contributed by atoms with Crippen molar-refractivity contribution in [2.24, 2.45) is 5.92 Å². The van der Waals surface area contributed by atoms with Gasteiger partial charge < -0.3 is 10.2 Å². The van der Waals surface area contributed by atoms with E-state index in [9.17, 15) is 9.59 Å². The summed E-state index contributed by atoms with van der Waals surface area (Å²) in [6, 6.07) is -0.161. The lowest BCUT2D eigenvalue weighted by molar-refractivity contribution is -0.147. The lowest BCUT2D eigenvalue weighted by atomic mass is 9.92. The van der Waals surface area contributed by atoms with Gasteiger partial charge in [-0.25, -0.2) is 0 Å². The van der Waals surface area contributed by atoms with E-state index in [1.54, 1.807) is 4.90 Å². The predicted octanol–water partition coefficient (Wildman–Crippen LogP) is 1.94. The van der Waals surface area contributed by atoms with Crippen LogP contribution in [0.1, 0.15) is 53.4 Å². The topological polar surface area (TPSA) is 49.4 Å². The van der Waals surface area contributed by atoms with E-state index in [1.807, 2.05) is 6.92 Å². The molecule has 104 valence electrons. The SMILES string of the molecule is CCCC1NC(=O)CN(C(C)C(CC)CC)C1=O. The molecule has 1 aliphatic heterocycles. The van der Waals surface area contributed by atoms with Gasteiger partial charge in [0, 0.05) is 6.04 Å². The molecule has 1 heterocycles. The molecule has 1 aliphatic rings. The van der Waals surface area contributed by atoms with Gasteiger partial charge in [0.05, 0.1) is 6.54 Å². The molecule has 2 unspecified atom stereocenters. The molecule has 18 heavy (non-hydrogen) atoms. The number of nitrogens with zero attached hydrogens (tertiary/aromatic N) is 1. The van der Waals surface area contributed by atoms with Crippen molar-refractivity contribution < 1.29 is 9.59 Å². The Kier molecular flexibility index (Phi) is 5.63. The van der Waals surface area contributed by atoms with E-state index in [0.717, 1.165) is 25.7 Å². The van der Waals surface area contributed by atoms with Crippen molar-refractivity contribution in [2.45, 2.75) is 65.5 Å². The van der Waals surface area contributed by atoms with Gasteiger partial charge in [-0.2, -0.15) is 0 Å². The van der Waals surface area contributed by atoms with Crippen molar-refractivity contribution in [2.75, 3.05) is 6.54 Å². The minimum Gasteiger partial charge on any atom is -0.343 e. The van der Waals surface area contributed by atoms with Crippen molar-refractivity contribution in [1.82, 2.24) is 10.2 Å². The predicted molar refractivity (Wildman–Crippen MR) is 72.1 cm³/mol. The number of rotatable bonds is 6. The Balaban J connectivity index is 2.79. The summed E-state index contributed by atoms with van der Waals surface area (Å²) in [6.45, 7) is 8.60. The van der Waals surface area contributed by atoms with E-state index in [-0.39, 0.29) is 30.4 Å². The number of amides is 2. The molecule has 1 fully saturated rings. The van der Waals surface area contributed by atoms with Crippen LogP contribution in [0.3, 0.4) is 0 Å². The largest absolute Gasteiger partial charge is 0.343 e. The number of piperazine rings is 1. The maximum absolute atomic E-state index is 12.3. The molecule has 0 radical (unpaired) electrons. The number of carbonyl (C=O) groups is 2. The molecule has 0 spiro atoms. The van der Waals surface area contributed by atoms with Crippen molar-refractivity contribution in [3.05, 3.63) is 0 Å². The van der Waals surface area contributed by atoms with Crippen molar-refractivity contribution in [3.63, 3.8) is 0 Å². The van der Waals surface area contributed by atoms with Gasteiger partial charge in [0.15, 0.2) is 0 Å². The van der Waals surface area contributed by atoms with Gasteiger partial charge >= 0.3 is 0 Å². The first-order valence-electron chi connectivity index (χ1n) is 7.14. The van der Waals surface area contributed by atoms with E-state index in [2.05, 4.69) is 26.1 Å². The van der Waals surface area contributed by atoms with Crippen LogP contribution < -0.4 is 5.32 Å². The zero-order valence-corrected chi connectivity index (χ0v) is 12.0. The second-order valence-electron chi connectivity index (χ2n) is 5.19. The second-order valence-corrected chi connectivity index (χ2v) is 5.19. The maximum atomic E-state index is 12.3. The molecule has 0 aromatic carbocycles. The lowest BCUT2D eigenvalue weighted by Gasteiger charge is -2.39. The monoisotopic (exact) mass is 254 g/mol. The van der Waals surface area contributed by atoms with Crippen LogP contribution >= 0.6 is 0 Å². The molecule has 4 nitrogen and oxygen atoms in total. The van der Waals surface area contributed by atoms with Gasteiger partial charge in [-0.1, -0.05) is 40.0 Å². The first-order valence-corrected chi connectivity index (χ1v) is 7.14. The normalized spacial score (nSPS) is 22.3. The third kappa shape index (κ3) is 3.24. The molecular formula is C14H26N2O2. The van der Waals surface area contributed by atoms with E-state index in [0.29, 0.717) is 5.92 Å². The zero-order valence-electron chi connectivity index (χ0n) is 12.0. The van der Waals surface area contributed by atoms with Crippen LogP contribution in [0.4, 0.5) is 0 Å². The molecule has 0 aliphatic carbocycles. The molecule has 1 saturated heterocycles. The summed E-state index contributed by atoms with van der Waals surface area (Å²) in [5, 5.41) is 2.80. The van der Waals surface area contributed by atoms with Crippen molar-refractivity contribution in [3.8, 4) is 0 Å².